The minimum atomic E-state index is -0.661. The van der Waals surface area contributed by atoms with Gasteiger partial charge in [-0.25, -0.2) is 9.97 Å². The second-order valence-corrected chi connectivity index (χ2v) is 10.5. The summed E-state index contributed by atoms with van der Waals surface area (Å²) in [6.45, 7) is 5.41. The molecule has 0 saturated carbocycles. The zero-order valence-corrected chi connectivity index (χ0v) is 21.0. The van der Waals surface area contributed by atoms with Crippen molar-refractivity contribution in [3.63, 3.8) is 0 Å². The van der Waals surface area contributed by atoms with Gasteiger partial charge in [0, 0.05) is 19.5 Å². The molecule has 1 aromatic carbocycles. The van der Waals surface area contributed by atoms with Gasteiger partial charge in [0.15, 0.2) is 0 Å². The number of thiazole rings is 1. The molecule has 2 atom stereocenters. The van der Waals surface area contributed by atoms with Crippen molar-refractivity contribution in [2.24, 2.45) is 5.92 Å². The number of carbonyl (C=O) groups excluding carboxylic acids is 2. The van der Waals surface area contributed by atoms with E-state index in [4.69, 9.17) is 10.7 Å². The van der Waals surface area contributed by atoms with Crippen LogP contribution in [0.2, 0.25) is 0 Å². The number of rotatable bonds is 5. The van der Waals surface area contributed by atoms with Crippen LogP contribution in [0.5, 0.6) is 0 Å². The topological polar surface area (TPSA) is 104 Å². The number of aryl methyl sites for hydroxylation is 1. The first kappa shape index (κ1) is 24.1. The summed E-state index contributed by atoms with van der Waals surface area (Å²) in [5.41, 5.74) is 8.94. The van der Waals surface area contributed by atoms with Gasteiger partial charge in [-0.3, -0.25) is 9.59 Å². The van der Waals surface area contributed by atoms with E-state index in [2.05, 4.69) is 54.4 Å². The van der Waals surface area contributed by atoms with E-state index < -0.39 is 11.8 Å². The maximum Gasteiger partial charge on any atom is 0.313 e. The number of aromatic nitrogens is 2. The average Bonchev–Trinajstić information content (AvgIpc) is 3.21. The molecule has 2 amide bonds. The lowest BCUT2D eigenvalue weighted by molar-refractivity contribution is -0.146. The van der Waals surface area contributed by atoms with E-state index in [1.165, 1.54) is 6.20 Å². The van der Waals surface area contributed by atoms with Gasteiger partial charge in [-0.2, -0.15) is 0 Å². The van der Waals surface area contributed by atoms with Crippen LogP contribution in [0.25, 0.3) is 10.2 Å². The van der Waals surface area contributed by atoms with Crippen molar-refractivity contribution in [2.45, 2.75) is 39.2 Å². The Morgan fingerprint density at radius 2 is 2.06 bits per heavy atom. The first-order valence-corrected chi connectivity index (χ1v) is 12.4. The standard InChI is InChI=1S/C25H32N6O2S/c1-15-5-7-20(17-6-8-21-19(12-17)29-22(34-21)9-10-30(3)4)31(14-15)25(33)24(32)28-18-11-16(2)23(26)27-13-18/h6,8,11-13,15,20H,5,7,9-10,14H2,1-4H3,(H2,26,27)(H,28,32)/t15-,20+/m0/s1. The smallest absolute Gasteiger partial charge is 0.313 e. The molecule has 0 spiro atoms. The number of pyridine rings is 1. The molecule has 0 bridgehead atoms. The molecule has 0 aliphatic carbocycles. The SMILES string of the molecule is Cc1cc(NC(=O)C(=O)N2C[C@@H](C)CC[C@@H]2c2ccc3sc(CCN(C)C)nc3c2)cnc1N. The Morgan fingerprint density at radius 3 is 2.79 bits per heavy atom. The normalized spacial score (nSPS) is 18.4. The molecule has 0 unspecified atom stereocenters. The minimum absolute atomic E-state index is 0.156. The average molecular weight is 481 g/mol. The molecule has 8 nitrogen and oxygen atoms in total. The molecule has 1 aliphatic heterocycles. The van der Waals surface area contributed by atoms with Gasteiger partial charge in [0.1, 0.15) is 5.82 Å². The van der Waals surface area contributed by atoms with E-state index in [-0.39, 0.29) is 6.04 Å². The monoisotopic (exact) mass is 480 g/mol. The van der Waals surface area contributed by atoms with Gasteiger partial charge < -0.3 is 20.9 Å². The Kier molecular flexibility index (Phi) is 7.13. The van der Waals surface area contributed by atoms with E-state index in [1.807, 2.05) is 6.92 Å². The Bertz CT molecular complexity index is 1210. The van der Waals surface area contributed by atoms with Crippen molar-refractivity contribution in [1.82, 2.24) is 19.8 Å². The Morgan fingerprint density at radius 1 is 1.26 bits per heavy atom. The summed E-state index contributed by atoms with van der Waals surface area (Å²) in [7, 11) is 4.12. The van der Waals surface area contributed by atoms with Gasteiger partial charge in [-0.1, -0.05) is 13.0 Å². The number of likely N-dealkylation sites (N-methyl/N-ethyl adjacent to an activating group) is 1. The van der Waals surface area contributed by atoms with Crippen LogP contribution in [0.4, 0.5) is 11.5 Å². The number of carbonyl (C=O) groups is 2. The maximum absolute atomic E-state index is 13.3. The van der Waals surface area contributed by atoms with Crippen LogP contribution < -0.4 is 11.1 Å². The number of hydrogen-bond donors (Lipinski definition) is 2. The lowest BCUT2D eigenvalue weighted by Crippen LogP contribution is -2.46. The third-order valence-electron chi connectivity index (χ3n) is 6.26. The van der Waals surface area contributed by atoms with E-state index >= 15 is 0 Å². The van der Waals surface area contributed by atoms with Gasteiger partial charge in [-0.15, -0.1) is 11.3 Å². The second kappa shape index (κ2) is 10.1. The molecule has 3 aromatic rings. The third-order valence-corrected chi connectivity index (χ3v) is 7.36. The van der Waals surface area contributed by atoms with Crippen LogP contribution in [0.15, 0.2) is 30.5 Å². The van der Waals surface area contributed by atoms with Crippen molar-refractivity contribution in [3.05, 3.63) is 46.6 Å². The van der Waals surface area contributed by atoms with Crippen molar-refractivity contribution < 1.29 is 9.59 Å². The molecule has 3 N–H and O–H groups in total. The summed E-state index contributed by atoms with van der Waals surface area (Å²) in [5, 5.41) is 3.80. The van der Waals surface area contributed by atoms with Gasteiger partial charge in [-0.05, 0) is 69.1 Å². The number of nitrogen functional groups attached to an aromatic ring is 1. The highest BCUT2D eigenvalue weighted by molar-refractivity contribution is 7.18. The minimum Gasteiger partial charge on any atom is -0.383 e. The number of piperidine rings is 1. The number of fused-ring (bicyclic) bond motifs is 1. The molecule has 3 heterocycles. The number of nitrogens with one attached hydrogen (secondary N) is 1. The van der Waals surface area contributed by atoms with E-state index in [0.29, 0.717) is 24.0 Å². The number of amides is 2. The van der Waals surface area contributed by atoms with E-state index in [9.17, 15) is 9.59 Å². The van der Waals surface area contributed by atoms with Crippen molar-refractivity contribution in [1.29, 1.82) is 0 Å². The van der Waals surface area contributed by atoms with E-state index in [1.54, 1.807) is 22.3 Å². The molecule has 1 saturated heterocycles. The van der Waals surface area contributed by atoms with Gasteiger partial charge in [0.05, 0.1) is 33.2 Å². The van der Waals surface area contributed by atoms with Gasteiger partial charge in [0.2, 0.25) is 0 Å². The first-order valence-electron chi connectivity index (χ1n) is 11.6. The fourth-order valence-corrected chi connectivity index (χ4v) is 5.25. The van der Waals surface area contributed by atoms with Crippen LogP contribution in [-0.2, 0) is 16.0 Å². The lowest BCUT2D eigenvalue weighted by Gasteiger charge is -2.38. The molecule has 0 radical (unpaired) electrons. The summed E-state index contributed by atoms with van der Waals surface area (Å²) >= 11 is 1.71. The molecule has 9 heteroatoms. The summed E-state index contributed by atoms with van der Waals surface area (Å²) in [4.78, 5) is 38.9. The van der Waals surface area contributed by atoms with Crippen molar-refractivity contribution >= 4 is 44.9 Å². The largest absolute Gasteiger partial charge is 0.383 e. The van der Waals surface area contributed by atoms with Crippen molar-refractivity contribution in [3.8, 4) is 0 Å². The number of likely N-dealkylation sites (tertiary alicyclic amines) is 1. The third kappa shape index (κ3) is 5.37. The zero-order valence-electron chi connectivity index (χ0n) is 20.2. The van der Waals surface area contributed by atoms with Crippen LogP contribution >= 0.6 is 11.3 Å². The predicted molar refractivity (Wildman–Crippen MR) is 137 cm³/mol. The molecule has 1 aliphatic rings. The Labute approximate surface area is 204 Å². The molecule has 1 fully saturated rings. The predicted octanol–water partition coefficient (Wildman–Crippen LogP) is 3.62. The number of anilines is 2. The van der Waals surface area contributed by atoms with Gasteiger partial charge >= 0.3 is 11.8 Å². The van der Waals surface area contributed by atoms with Gasteiger partial charge in [0.25, 0.3) is 0 Å². The highest BCUT2D eigenvalue weighted by Crippen LogP contribution is 2.35. The van der Waals surface area contributed by atoms with E-state index in [0.717, 1.165) is 52.2 Å². The molecule has 34 heavy (non-hydrogen) atoms. The highest BCUT2D eigenvalue weighted by Gasteiger charge is 2.34. The van der Waals surface area contributed by atoms with Crippen LogP contribution in [-0.4, -0.2) is 58.8 Å². The fourth-order valence-electron chi connectivity index (χ4n) is 4.32. The van der Waals surface area contributed by atoms with Crippen LogP contribution in [0, 0.1) is 12.8 Å². The number of nitrogens with zero attached hydrogens (tertiary/aromatic N) is 4. The quantitative estimate of drug-likeness (QED) is 0.541. The number of hydrogen-bond acceptors (Lipinski definition) is 7. The lowest BCUT2D eigenvalue weighted by atomic mass is 9.89. The summed E-state index contributed by atoms with van der Waals surface area (Å²) < 4.78 is 1.14. The summed E-state index contributed by atoms with van der Waals surface area (Å²) in [5.74, 6) is -0.465. The number of nitrogens with two attached hydrogens (primary N) is 1. The zero-order chi connectivity index (χ0) is 24.4. The van der Waals surface area contributed by atoms with Crippen LogP contribution in [0.3, 0.4) is 0 Å². The Hall–Kier alpha value is -3.04. The molecule has 180 valence electrons. The summed E-state index contributed by atoms with van der Waals surface area (Å²) in [6.07, 6.45) is 4.19. The van der Waals surface area contributed by atoms with Crippen LogP contribution in [0.1, 0.15) is 41.9 Å². The fraction of sp³-hybridized carbons (Fsp3) is 0.440. The second-order valence-electron chi connectivity index (χ2n) is 9.42. The molecule has 2 aromatic heterocycles. The van der Waals surface area contributed by atoms with Crippen molar-refractivity contribution in [2.75, 3.05) is 38.2 Å². The molecular weight excluding hydrogens is 448 g/mol. The Balaban J connectivity index is 1.55. The highest BCUT2D eigenvalue weighted by atomic mass is 32.1. The molecule has 4 rings (SSSR count). The number of benzene rings is 1. The first-order chi connectivity index (χ1) is 16.2. The molecular formula is C25H32N6O2S. The maximum atomic E-state index is 13.3. The summed E-state index contributed by atoms with van der Waals surface area (Å²) in [6, 6.07) is 7.80.